The van der Waals surface area contributed by atoms with Crippen molar-refractivity contribution in [3.8, 4) is 0 Å². The van der Waals surface area contributed by atoms with E-state index in [0.717, 1.165) is 0 Å². The fourth-order valence-electron chi connectivity index (χ4n) is 2.09. The first-order chi connectivity index (χ1) is 6.27. The number of rotatable bonds is 2. The van der Waals surface area contributed by atoms with Gasteiger partial charge in [0.2, 0.25) is 0 Å². The summed E-state index contributed by atoms with van der Waals surface area (Å²) in [6.45, 7) is 0.642. The van der Waals surface area contributed by atoms with Crippen LogP contribution in [0, 0.1) is 0 Å². The molecule has 0 unspecified atom stereocenters. The van der Waals surface area contributed by atoms with Crippen LogP contribution in [0.15, 0.2) is 18.2 Å². The SMILES string of the molecule is CN(O)Cc1cccc2c1CCC2. The topological polar surface area (TPSA) is 23.5 Å². The van der Waals surface area contributed by atoms with Crippen molar-refractivity contribution in [2.45, 2.75) is 25.8 Å². The first-order valence-electron chi connectivity index (χ1n) is 4.77. The number of hydrogen-bond donors (Lipinski definition) is 1. The smallest absolute Gasteiger partial charge is 0.0488 e. The van der Waals surface area contributed by atoms with Gasteiger partial charge in [-0.05, 0) is 36.0 Å². The Morgan fingerprint density at radius 2 is 2.23 bits per heavy atom. The molecule has 2 nitrogen and oxygen atoms in total. The normalized spacial score (nSPS) is 15.0. The van der Waals surface area contributed by atoms with Crippen molar-refractivity contribution in [3.63, 3.8) is 0 Å². The molecule has 0 atom stereocenters. The van der Waals surface area contributed by atoms with Crippen LogP contribution in [-0.2, 0) is 19.4 Å². The highest BCUT2D eigenvalue weighted by molar-refractivity contribution is 5.38. The maximum Gasteiger partial charge on any atom is 0.0488 e. The van der Waals surface area contributed by atoms with Gasteiger partial charge in [0.05, 0.1) is 0 Å². The Bertz CT molecular complexity index is 307. The predicted octanol–water partition coefficient (Wildman–Crippen LogP) is 2.00. The van der Waals surface area contributed by atoms with Gasteiger partial charge < -0.3 is 5.21 Å². The molecular weight excluding hydrogens is 162 g/mol. The highest BCUT2D eigenvalue weighted by Crippen LogP contribution is 2.25. The van der Waals surface area contributed by atoms with E-state index in [9.17, 15) is 5.21 Å². The van der Waals surface area contributed by atoms with E-state index in [-0.39, 0.29) is 0 Å². The van der Waals surface area contributed by atoms with Crippen molar-refractivity contribution in [3.05, 3.63) is 34.9 Å². The van der Waals surface area contributed by atoms with E-state index < -0.39 is 0 Å². The Labute approximate surface area is 78.8 Å². The molecule has 1 aromatic rings. The number of hydroxylamine groups is 2. The summed E-state index contributed by atoms with van der Waals surface area (Å²) in [5.41, 5.74) is 4.21. The Morgan fingerprint density at radius 3 is 3.00 bits per heavy atom. The molecule has 0 aliphatic heterocycles. The molecular formula is C11H15NO. The molecule has 1 aliphatic carbocycles. The third-order valence-electron chi connectivity index (χ3n) is 2.64. The van der Waals surface area contributed by atoms with Gasteiger partial charge in [0.1, 0.15) is 0 Å². The van der Waals surface area contributed by atoms with E-state index in [2.05, 4.69) is 18.2 Å². The molecule has 0 fully saturated rings. The van der Waals surface area contributed by atoms with Gasteiger partial charge in [-0.3, -0.25) is 0 Å². The average molecular weight is 177 g/mol. The minimum Gasteiger partial charge on any atom is -0.314 e. The Balaban J connectivity index is 2.30. The van der Waals surface area contributed by atoms with Crippen molar-refractivity contribution >= 4 is 0 Å². The van der Waals surface area contributed by atoms with E-state index in [1.165, 1.54) is 41.0 Å². The molecule has 0 heterocycles. The summed E-state index contributed by atoms with van der Waals surface area (Å²) in [4.78, 5) is 0. The molecule has 70 valence electrons. The molecule has 1 aromatic carbocycles. The molecule has 0 bridgehead atoms. The molecule has 1 N–H and O–H groups in total. The second-order valence-electron chi connectivity index (χ2n) is 3.72. The van der Waals surface area contributed by atoms with E-state index in [1.807, 2.05) is 0 Å². The minimum absolute atomic E-state index is 0.642. The van der Waals surface area contributed by atoms with Crippen molar-refractivity contribution in [2.24, 2.45) is 0 Å². The third kappa shape index (κ3) is 1.74. The number of aryl methyl sites for hydroxylation is 1. The molecule has 0 amide bonds. The summed E-state index contributed by atoms with van der Waals surface area (Å²) >= 11 is 0. The van der Waals surface area contributed by atoms with Gasteiger partial charge in [-0.1, -0.05) is 18.2 Å². The molecule has 0 saturated carbocycles. The number of fused-ring (bicyclic) bond motifs is 1. The predicted molar refractivity (Wildman–Crippen MR) is 51.7 cm³/mol. The lowest BCUT2D eigenvalue weighted by molar-refractivity contribution is -0.0733. The Kier molecular flexibility index (Phi) is 2.34. The monoisotopic (exact) mass is 177 g/mol. The van der Waals surface area contributed by atoms with Crippen LogP contribution in [0.2, 0.25) is 0 Å². The summed E-state index contributed by atoms with van der Waals surface area (Å²) < 4.78 is 0. The molecule has 13 heavy (non-hydrogen) atoms. The fourth-order valence-corrected chi connectivity index (χ4v) is 2.09. The van der Waals surface area contributed by atoms with Gasteiger partial charge in [-0.2, -0.15) is 5.06 Å². The highest BCUT2D eigenvalue weighted by atomic mass is 16.5. The van der Waals surface area contributed by atoms with Gasteiger partial charge >= 0.3 is 0 Å². The van der Waals surface area contributed by atoms with E-state index >= 15 is 0 Å². The van der Waals surface area contributed by atoms with Gasteiger partial charge in [0.25, 0.3) is 0 Å². The fraction of sp³-hybridized carbons (Fsp3) is 0.455. The molecule has 0 saturated heterocycles. The zero-order valence-corrected chi connectivity index (χ0v) is 7.95. The summed E-state index contributed by atoms with van der Waals surface area (Å²) in [5.74, 6) is 0. The Hall–Kier alpha value is -0.860. The van der Waals surface area contributed by atoms with Crippen LogP contribution < -0.4 is 0 Å². The molecule has 1 aliphatic rings. The van der Waals surface area contributed by atoms with Crippen molar-refractivity contribution in [2.75, 3.05) is 7.05 Å². The van der Waals surface area contributed by atoms with Crippen LogP contribution in [-0.4, -0.2) is 17.3 Å². The molecule has 2 rings (SSSR count). The lowest BCUT2D eigenvalue weighted by Crippen LogP contribution is -2.13. The summed E-state index contributed by atoms with van der Waals surface area (Å²) in [7, 11) is 1.69. The first-order valence-corrected chi connectivity index (χ1v) is 4.77. The molecule has 0 radical (unpaired) electrons. The zero-order valence-electron chi connectivity index (χ0n) is 7.95. The molecule has 0 aromatic heterocycles. The van der Waals surface area contributed by atoms with Gasteiger partial charge in [-0.25, -0.2) is 0 Å². The maximum absolute atomic E-state index is 9.17. The first kappa shape index (κ1) is 8.73. The lowest BCUT2D eigenvalue weighted by Gasteiger charge is -2.11. The van der Waals surface area contributed by atoms with Crippen LogP contribution in [0.3, 0.4) is 0 Å². The lowest BCUT2D eigenvalue weighted by atomic mass is 10.0. The average Bonchev–Trinajstić information content (AvgIpc) is 2.51. The number of benzene rings is 1. The zero-order chi connectivity index (χ0) is 9.26. The summed E-state index contributed by atoms with van der Waals surface area (Å²) in [5, 5.41) is 10.4. The van der Waals surface area contributed by atoms with E-state index in [0.29, 0.717) is 6.54 Å². The van der Waals surface area contributed by atoms with Crippen molar-refractivity contribution in [1.29, 1.82) is 0 Å². The number of hydrogen-bond acceptors (Lipinski definition) is 2. The third-order valence-corrected chi connectivity index (χ3v) is 2.64. The highest BCUT2D eigenvalue weighted by Gasteiger charge is 2.14. The van der Waals surface area contributed by atoms with Crippen LogP contribution in [0.1, 0.15) is 23.1 Å². The van der Waals surface area contributed by atoms with Crippen molar-refractivity contribution in [1.82, 2.24) is 5.06 Å². The van der Waals surface area contributed by atoms with Gasteiger partial charge in [-0.15, -0.1) is 0 Å². The van der Waals surface area contributed by atoms with Gasteiger partial charge in [0, 0.05) is 13.6 Å². The van der Waals surface area contributed by atoms with Crippen LogP contribution in [0.4, 0.5) is 0 Å². The Morgan fingerprint density at radius 1 is 1.38 bits per heavy atom. The van der Waals surface area contributed by atoms with Crippen LogP contribution in [0.25, 0.3) is 0 Å². The molecule has 2 heteroatoms. The van der Waals surface area contributed by atoms with Crippen LogP contribution in [0.5, 0.6) is 0 Å². The summed E-state index contributed by atoms with van der Waals surface area (Å²) in [6.07, 6.45) is 3.65. The van der Waals surface area contributed by atoms with E-state index in [4.69, 9.17) is 0 Å². The largest absolute Gasteiger partial charge is 0.314 e. The second-order valence-corrected chi connectivity index (χ2v) is 3.72. The summed E-state index contributed by atoms with van der Waals surface area (Å²) in [6, 6.07) is 6.39. The van der Waals surface area contributed by atoms with Crippen LogP contribution >= 0.6 is 0 Å². The second kappa shape index (κ2) is 3.48. The minimum atomic E-state index is 0.642. The molecule has 0 spiro atoms. The van der Waals surface area contributed by atoms with Crippen molar-refractivity contribution < 1.29 is 5.21 Å². The quantitative estimate of drug-likeness (QED) is 0.698. The van der Waals surface area contributed by atoms with E-state index in [1.54, 1.807) is 7.05 Å². The maximum atomic E-state index is 9.17. The van der Waals surface area contributed by atoms with Gasteiger partial charge in [0.15, 0.2) is 0 Å². The number of nitrogens with zero attached hydrogens (tertiary/aromatic N) is 1. The standard InChI is InChI=1S/C11H15NO/c1-12(13)8-10-6-2-4-9-5-3-7-11(9)10/h2,4,6,13H,3,5,7-8H2,1H3.